The van der Waals surface area contributed by atoms with Gasteiger partial charge in [-0.25, -0.2) is 0 Å². The number of amides is 2. The number of thioether (sulfide) groups is 1. The SMILES string of the molecule is CNCCCNC(=O)c1ccccc1SCC(=O)N1CCc2ccccc21. The Morgan fingerprint density at radius 1 is 1.07 bits per heavy atom. The van der Waals surface area contributed by atoms with Gasteiger partial charge in [-0.05, 0) is 50.2 Å². The Balaban J connectivity index is 1.60. The molecule has 2 amide bonds. The van der Waals surface area contributed by atoms with Crippen LogP contribution in [0.2, 0.25) is 0 Å². The number of hydrogen-bond acceptors (Lipinski definition) is 4. The lowest BCUT2D eigenvalue weighted by Crippen LogP contribution is -2.30. The van der Waals surface area contributed by atoms with Gasteiger partial charge in [0.05, 0.1) is 11.3 Å². The fraction of sp³-hybridized carbons (Fsp3) is 0.333. The molecular formula is C21H25N3O2S. The number of nitrogens with one attached hydrogen (secondary N) is 2. The maximum atomic E-state index is 12.7. The maximum absolute atomic E-state index is 12.7. The normalized spacial score (nSPS) is 12.7. The molecule has 1 aliphatic heterocycles. The molecule has 0 saturated carbocycles. The van der Waals surface area contributed by atoms with Gasteiger partial charge in [0.25, 0.3) is 5.91 Å². The number of rotatable bonds is 8. The van der Waals surface area contributed by atoms with E-state index in [-0.39, 0.29) is 11.8 Å². The summed E-state index contributed by atoms with van der Waals surface area (Å²) in [5.41, 5.74) is 2.86. The van der Waals surface area contributed by atoms with Gasteiger partial charge in [-0.2, -0.15) is 0 Å². The molecule has 6 heteroatoms. The van der Waals surface area contributed by atoms with Crippen molar-refractivity contribution in [1.82, 2.24) is 10.6 Å². The predicted molar refractivity (Wildman–Crippen MR) is 111 cm³/mol. The van der Waals surface area contributed by atoms with Crippen LogP contribution in [0.5, 0.6) is 0 Å². The molecule has 0 fully saturated rings. The Morgan fingerprint density at radius 2 is 1.85 bits per heavy atom. The van der Waals surface area contributed by atoms with E-state index in [1.165, 1.54) is 17.3 Å². The van der Waals surface area contributed by atoms with Gasteiger partial charge in [0.15, 0.2) is 0 Å². The molecule has 2 aromatic rings. The summed E-state index contributed by atoms with van der Waals surface area (Å²) in [5.74, 6) is 0.306. The van der Waals surface area contributed by atoms with E-state index in [0.29, 0.717) is 17.9 Å². The van der Waals surface area contributed by atoms with E-state index in [1.54, 1.807) is 0 Å². The lowest BCUT2D eigenvalue weighted by atomic mass is 10.2. The first-order valence-corrected chi connectivity index (χ1v) is 10.2. The van der Waals surface area contributed by atoms with Gasteiger partial charge in [0.2, 0.25) is 5.91 Å². The van der Waals surface area contributed by atoms with Gasteiger partial charge in [-0.3, -0.25) is 9.59 Å². The largest absolute Gasteiger partial charge is 0.352 e. The molecule has 0 atom stereocenters. The smallest absolute Gasteiger partial charge is 0.252 e. The summed E-state index contributed by atoms with van der Waals surface area (Å²) in [5, 5.41) is 6.00. The summed E-state index contributed by atoms with van der Waals surface area (Å²) in [6.07, 6.45) is 1.78. The second-order valence-corrected chi connectivity index (χ2v) is 7.44. The minimum absolute atomic E-state index is 0.0779. The number of nitrogens with zero attached hydrogens (tertiary/aromatic N) is 1. The van der Waals surface area contributed by atoms with Crippen LogP contribution in [0.3, 0.4) is 0 Å². The highest BCUT2D eigenvalue weighted by Gasteiger charge is 2.24. The number of carbonyl (C=O) groups excluding carboxylic acids is 2. The summed E-state index contributed by atoms with van der Waals surface area (Å²) in [6.45, 7) is 2.22. The highest BCUT2D eigenvalue weighted by molar-refractivity contribution is 8.00. The zero-order valence-corrected chi connectivity index (χ0v) is 16.3. The summed E-state index contributed by atoms with van der Waals surface area (Å²) >= 11 is 1.42. The van der Waals surface area contributed by atoms with Crippen LogP contribution >= 0.6 is 11.8 Å². The topological polar surface area (TPSA) is 61.4 Å². The second kappa shape index (κ2) is 9.58. The number of hydrogen-bond donors (Lipinski definition) is 2. The molecule has 0 spiro atoms. The van der Waals surface area contributed by atoms with Crippen LogP contribution in [0.25, 0.3) is 0 Å². The van der Waals surface area contributed by atoms with Crippen LogP contribution in [0.4, 0.5) is 5.69 Å². The molecule has 1 heterocycles. The Labute approximate surface area is 164 Å². The van der Waals surface area contributed by atoms with Crippen molar-refractivity contribution in [2.45, 2.75) is 17.7 Å². The van der Waals surface area contributed by atoms with E-state index in [9.17, 15) is 9.59 Å². The van der Waals surface area contributed by atoms with Crippen molar-refractivity contribution < 1.29 is 9.59 Å². The zero-order chi connectivity index (χ0) is 19.1. The van der Waals surface area contributed by atoms with Gasteiger partial charge in [0, 0.05) is 23.7 Å². The van der Waals surface area contributed by atoms with Crippen LogP contribution in [-0.2, 0) is 11.2 Å². The number of carbonyl (C=O) groups is 2. The van der Waals surface area contributed by atoms with E-state index in [4.69, 9.17) is 0 Å². The highest BCUT2D eigenvalue weighted by atomic mass is 32.2. The first-order valence-electron chi connectivity index (χ1n) is 9.23. The Kier molecular flexibility index (Phi) is 6.90. The van der Waals surface area contributed by atoms with Gasteiger partial charge in [0.1, 0.15) is 0 Å². The first kappa shape index (κ1) is 19.5. The average molecular weight is 384 g/mol. The third-order valence-corrected chi connectivity index (χ3v) is 5.62. The van der Waals surface area contributed by atoms with Crippen molar-refractivity contribution in [3.8, 4) is 0 Å². The molecule has 0 aromatic heterocycles. The molecule has 0 aliphatic carbocycles. The molecule has 0 radical (unpaired) electrons. The van der Waals surface area contributed by atoms with E-state index in [1.807, 2.05) is 54.4 Å². The molecule has 0 bridgehead atoms. The fourth-order valence-corrected chi connectivity index (χ4v) is 4.08. The molecule has 2 aromatic carbocycles. The summed E-state index contributed by atoms with van der Waals surface area (Å²) < 4.78 is 0. The summed E-state index contributed by atoms with van der Waals surface area (Å²) in [6, 6.07) is 15.5. The lowest BCUT2D eigenvalue weighted by molar-refractivity contribution is -0.116. The summed E-state index contributed by atoms with van der Waals surface area (Å²) in [4.78, 5) is 27.8. The van der Waals surface area contributed by atoms with Crippen molar-refractivity contribution >= 4 is 29.3 Å². The predicted octanol–water partition coefficient (Wildman–Crippen LogP) is 2.71. The van der Waals surface area contributed by atoms with Crippen LogP contribution in [0, 0.1) is 0 Å². The highest BCUT2D eigenvalue weighted by Crippen LogP contribution is 2.29. The van der Waals surface area contributed by atoms with E-state index < -0.39 is 0 Å². The standard InChI is InChI=1S/C21H25N3O2S/c1-22-12-6-13-23-21(26)17-8-3-5-10-19(17)27-15-20(25)24-14-11-16-7-2-4-9-18(16)24/h2-5,7-10,22H,6,11-15H2,1H3,(H,23,26). The number of fused-ring (bicyclic) bond motifs is 1. The molecule has 5 nitrogen and oxygen atoms in total. The monoisotopic (exact) mass is 383 g/mol. The van der Waals surface area contributed by atoms with E-state index >= 15 is 0 Å². The molecule has 2 N–H and O–H groups in total. The molecular weight excluding hydrogens is 358 g/mol. The van der Waals surface area contributed by atoms with Crippen molar-refractivity contribution in [2.24, 2.45) is 0 Å². The van der Waals surface area contributed by atoms with Gasteiger partial charge < -0.3 is 15.5 Å². The Bertz CT molecular complexity index is 810. The van der Waals surface area contributed by atoms with Crippen molar-refractivity contribution in [3.05, 3.63) is 59.7 Å². The third-order valence-electron chi connectivity index (χ3n) is 4.56. The zero-order valence-electron chi connectivity index (χ0n) is 15.5. The lowest BCUT2D eigenvalue weighted by Gasteiger charge is -2.17. The number of anilines is 1. The molecule has 1 aliphatic rings. The van der Waals surface area contributed by atoms with Crippen LogP contribution < -0.4 is 15.5 Å². The van der Waals surface area contributed by atoms with Gasteiger partial charge in [-0.1, -0.05) is 30.3 Å². The molecule has 27 heavy (non-hydrogen) atoms. The summed E-state index contributed by atoms with van der Waals surface area (Å²) in [7, 11) is 1.89. The first-order chi connectivity index (χ1) is 13.2. The fourth-order valence-electron chi connectivity index (χ4n) is 3.16. The van der Waals surface area contributed by atoms with Crippen molar-refractivity contribution in [2.75, 3.05) is 37.3 Å². The Hall–Kier alpha value is -2.31. The van der Waals surface area contributed by atoms with Crippen LogP contribution in [0.1, 0.15) is 22.3 Å². The van der Waals surface area contributed by atoms with Crippen LogP contribution in [-0.4, -0.2) is 44.2 Å². The number of para-hydroxylation sites is 1. The van der Waals surface area contributed by atoms with Gasteiger partial charge >= 0.3 is 0 Å². The van der Waals surface area contributed by atoms with Crippen molar-refractivity contribution in [1.29, 1.82) is 0 Å². The average Bonchev–Trinajstić information content (AvgIpc) is 3.14. The maximum Gasteiger partial charge on any atom is 0.252 e. The van der Waals surface area contributed by atoms with Crippen LogP contribution in [0.15, 0.2) is 53.4 Å². The van der Waals surface area contributed by atoms with E-state index in [0.717, 1.165) is 36.5 Å². The minimum Gasteiger partial charge on any atom is -0.352 e. The molecule has 3 rings (SSSR count). The molecule has 0 saturated heterocycles. The molecule has 0 unspecified atom stereocenters. The minimum atomic E-state index is -0.0897. The third kappa shape index (κ3) is 4.90. The van der Waals surface area contributed by atoms with E-state index in [2.05, 4.69) is 16.7 Å². The van der Waals surface area contributed by atoms with Crippen molar-refractivity contribution in [3.63, 3.8) is 0 Å². The second-order valence-electron chi connectivity index (χ2n) is 6.42. The quantitative estimate of drug-likeness (QED) is 0.544. The number of benzene rings is 2. The Morgan fingerprint density at radius 3 is 2.70 bits per heavy atom. The van der Waals surface area contributed by atoms with Gasteiger partial charge in [-0.15, -0.1) is 11.8 Å². The molecule has 142 valence electrons.